The zero-order valence-electron chi connectivity index (χ0n) is 19.4. The van der Waals surface area contributed by atoms with Crippen LogP contribution in [0.5, 0.6) is 5.75 Å². The van der Waals surface area contributed by atoms with Crippen molar-refractivity contribution in [3.8, 4) is 11.8 Å². The Labute approximate surface area is 202 Å². The smallest absolute Gasteiger partial charge is 0.190 e. The molecule has 0 bridgehead atoms. The first kappa shape index (κ1) is 24.8. The van der Waals surface area contributed by atoms with Gasteiger partial charge in [0, 0.05) is 30.3 Å². The quantitative estimate of drug-likeness (QED) is 0.514. The molecule has 1 fully saturated rings. The van der Waals surface area contributed by atoms with Crippen LogP contribution in [0.25, 0.3) is 0 Å². The molecule has 0 saturated carbocycles. The number of likely N-dealkylation sites (tertiary alicyclic amines) is 1. The maximum atomic E-state index is 15.6. The summed E-state index contributed by atoms with van der Waals surface area (Å²) in [5, 5.41) is 19.1. The Bertz CT molecular complexity index is 1200. The monoisotopic (exact) mass is 484 g/mol. The lowest BCUT2D eigenvalue weighted by molar-refractivity contribution is -0.0246. The van der Waals surface area contributed by atoms with Gasteiger partial charge in [0.1, 0.15) is 6.17 Å². The minimum absolute atomic E-state index is 0.300. The van der Waals surface area contributed by atoms with Crippen molar-refractivity contribution in [3.63, 3.8) is 0 Å². The molecule has 1 unspecified atom stereocenters. The molecule has 1 aromatic heterocycles. The lowest BCUT2D eigenvalue weighted by Gasteiger charge is -2.42. The second kappa shape index (κ2) is 10.5. The van der Waals surface area contributed by atoms with Crippen LogP contribution in [-0.2, 0) is 13.1 Å². The van der Waals surface area contributed by atoms with Gasteiger partial charge < -0.3 is 14.4 Å². The second-order valence-electron chi connectivity index (χ2n) is 8.96. The maximum absolute atomic E-state index is 15.6. The Hall–Kier alpha value is -3.35. The average Bonchev–Trinajstić information content (AvgIpc) is 3.31. The molecule has 0 spiro atoms. The number of aliphatic hydroxyl groups excluding tert-OH is 1. The number of hydrogen-bond donors (Lipinski definition) is 1. The number of ether oxygens (including phenoxy) is 1. The van der Waals surface area contributed by atoms with E-state index in [9.17, 15) is 13.9 Å². The number of hydrogen-bond acceptors (Lipinski definition) is 5. The van der Waals surface area contributed by atoms with Crippen molar-refractivity contribution >= 4 is 0 Å². The third-order valence-electron chi connectivity index (χ3n) is 6.88. The summed E-state index contributed by atoms with van der Waals surface area (Å²) in [6.07, 6.45) is 2.36. The first-order chi connectivity index (χ1) is 16.9. The zero-order chi connectivity index (χ0) is 25.0. The number of piperidine rings is 1. The minimum atomic E-state index is -1.80. The largest absolute Gasteiger partial charge is 0.491 e. The summed E-state index contributed by atoms with van der Waals surface area (Å²) in [6, 6.07) is 11.5. The molecular formula is C26H27F3N4O2. The third-order valence-corrected chi connectivity index (χ3v) is 6.88. The number of aromatic nitrogens is 2. The molecule has 2 aromatic carbocycles. The molecule has 4 rings (SSSR count). The molecule has 1 aliphatic rings. The van der Waals surface area contributed by atoms with Gasteiger partial charge in [0.15, 0.2) is 17.4 Å². The fourth-order valence-corrected chi connectivity index (χ4v) is 4.64. The van der Waals surface area contributed by atoms with E-state index in [-0.39, 0.29) is 5.56 Å². The number of halogens is 3. The molecule has 0 amide bonds. The highest BCUT2D eigenvalue weighted by Gasteiger charge is 2.44. The van der Waals surface area contributed by atoms with Crippen LogP contribution < -0.4 is 4.74 Å². The summed E-state index contributed by atoms with van der Waals surface area (Å²) in [7, 11) is 1.13. The minimum Gasteiger partial charge on any atom is -0.491 e. The topological polar surface area (TPSA) is 74.3 Å². The fourth-order valence-electron chi connectivity index (χ4n) is 4.64. The van der Waals surface area contributed by atoms with Gasteiger partial charge in [0.05, 0.1) is 37.4 Å². The molecule has 0 radical (unpaired) electrons. The van der Waals surface area contributed by atoms with E-state index < -0.39 is 35.6 Å². The van der Waals surface area contributed by atoms with Crippen LogP contribution >= 0.6 is 0 Å². The Kier molecular flexibility index (Phi) is 7.43. The first-order valence-electron chi connectivity index (χ1n) is 11.4. The molecular weight excluding hydrogens is 457 g/mol. The van der Waals surface area contributed by atoms with Crippen LogP contribution in [0.15, 0.2) is 48.9 Å². The highest BCUT2D eigenvalue weighted by atomic mass is 19.1. The molecule has 1 N–H and O–H groups in total. The maximum Gasteiger partial charge on any atom is 0.190 e. The average molecular weight is 485 g/mol. The molecule has 184 valence electrons. The van der Waals surface area contributed by atoms with Crippen molar-refractivity contribution in [2.45, 2.75) is 32.1 Å². The summed E-state index contributed by atoms with van der Waals surface area (Å²) in [5.41, 5.74) is 1.16. The molecule has 2 heterocycles. The molecule has 1 atom stereocenters. The third kappa shape index (κ3) is 5.04. The Morgan fingerprint density at radius 3 is 2.49 bits per heavy atom. The van der Waals surface area contributed by atoms with Gasteiger partial charge >= 0.3 is 0 Å². The predicted molar refractivity (Wildman–Crippen MR) is 123 cm³/mol. The van der Waals surface area contributed by atoms with Gasteiger partial charge in [0.2, 0.25) is 0 Å². The van der Waals surface area contributed by atoms with Crippen LogP contribution in [0, 0.1) is 28.4 Å². The van der Waals surface area contributed by atoms with Crippen molar-refractivity contribution in [2.75, 3.05) is 26.8 Å². The second-order valence-corrected chi connectivity index (χ2v) is 8.96. The van der Waals surface area contributed by atoms with E-state index in [2.05, 4.69) is 16.0 Å². The van der Waals surface area contributed by atoms with Crippen molar-refractivity contribution in [1.82, 2.24) is 14.5 Å². The molecule has 0 aliphatic carbocycles. The molecule has 3 aromatic rings. The van der Waals surface area contributed by atoms with Crippen molar-refractivity contribution in [3.05, 3.63) is 82.9 Å². The molecule has 1 aliphatic heterocycles. The van der Waals surface area contributed by atoms with E-state index in [0.717, 1.165) is 30.5 Å². The van der Waals surface area contributed by atoms with E-state index in [0.29, 0.717) is 44.6 Å². The predicted octanol–water partition coefficient (Wildman–Crippen LogP) is 4.38. The Morgan fingerprint density at radius 2 is 1.86 bits per heavy atom. The highest BCUT2D eigenvalue weighted by Crippen LogP contribution is 2.47. The van der Waals surface area contributed by atoms with Gasteiger partial charge in [-0.1, -0.05) is 12.1 Å². The van der Waals surface area contributed by atoms with Gasteiger partial charge in [-0.3, -0.25) is 4.90 Å². The van der Waals surface area contributed by atoms with E-state index in [1.165, 1.54) is 0 Å². The number of methoxy groups -OCH3 is 1. The number of nitrogens with zero attached hydrogens (tertiary/aromatic N) is 4. The van der Waals surface area contributed by atoms with Gasteiger partial charge in [-0.15, -0.1) is 0 Å². The van der Waals surface area contributed by atoms with Crippen LogP contribution in [0.3, 0.4) is 0 Å². The van der Waals surface area contributed by atoms with E-state index in [1.54, 1.807) is 24.7 Å². The zero-order valence-corrected chi connectivity index (χ0v) is 19.4. The van der Waals surface area contributed by atoms with E-state index >= 15 is 4.39 Å². The first-order valence-corrected chi connectivity index (χ1v) is 11.4. The van der Waals surface area contributed by atoms with Gasteiger partial charge in [-0.05, 0) is 55.8 Å². The number of imidazole rings is 1. The molecule has 9 heteroatoms. The van der Waals surface area contributed by atoms with Gasteiger partial charge in [-0.2, -0.15) is 5.26 Å². The number of rotatable bonds is 8. The lowest BCUT2D eigenvalue weighted by atomic mass is 9.72. The number of alkyl halides is 1. The van der Waals surface area contributed by atoms with Gasteiger partial charge in [0.25, 0.3) is 0 Å². The Balaban J connectivity index is 1.43. The molecule has 35 heavy (non-hydrogen) atoms. The SMILES string of the molecule is COc1c(F)ccc(C(F)C2(CO)CCN(Cc3cncn3Cc3ccc(C#N)cc3)CC2)c1F. The van der Waals surface area contributed by atoms with E-state index in [1.807, 2.05) is 16.7 Å². The number of aliphatic hydroxyl groups is 1. The van der Waals surface area contributed by atoms with Crippen LogP contribution in [0.2, 0.25) is 0 Å². The van der Waals surface area contributed by atoms with Crippen LogP contribution in [-0.4, -0.2) is 46.4 Å². The number of nitriles is 1. The highest BCUT2D eigenvalue weighted by molar-refractivity contribution is 5.35. The molecule has 6 nitrogen and oxygen atoms in total. The summed E-state index contributed by atoms with van der Waals surface area (Å²) < 4.78 is 50.9. The molecule has 1 saturated heterocycles. The Morgan fingerprint density at radius 1 is 1.14 bits per heavy atom. The number of benzene rings is 2. The van der Waals surface area contributed by atoms with Crippen LogP contribution in [0.1, 0.15) is 41.4 Å². The standard InChI is InChI=1S/C26H27F3N4O2/c1-35-24-22(27)7-6-21(23(24)28)25(29)26(16-34)8-10-32(11-9-26)15-20-13-31-17-33(20)14-19-4-2-18(12-30)3-5-19/h2-7,13,17,25,34H,8-11,14-16H2,1H3. The van der Waals surface area contributed by atoms with Crippen molar-refractivity contribution in [2.24, 2.45) is 5.41 Å². The van der Waals surface area contributed by atoms with E-state index in [4.69, 9.17) is 10.00 Å². The summed E-state index contributed by atoms with van der Waals surface area (Å²) in [6.45, 7) is 1.75. The normalized spacial score (nSPS) is 16.6. The van der Waals surface area contributed by atoms with Gasteiger partial charge in [-0.25, -0.2) is 18.2 Å². The summed E-state index contributed by atoms with van der Waals surface area (Å²) in [4.78, 5) is 6.41. The van der Waals surface area contributed by atoms with Crippen molar-refractivity contribution in [1.29, 1.82) is 5.26 Å². The van der Waals surface area contributed by atoms with Crippen LogP contribution in [0.4, 0.5) is 13.2 Å². The fraction of sp³-hybridized carbons (Fsp3) is 0.385. The summed E-state index contributed by atoms with van der Waals surface area (Å²) in [5.74, 6) is -2.58. The lowest BCUT2D eigenvalue weighted by Crippen LogP contribution is -2.44. The summed E-state index contributed by atoms with van der Waals surface area (Å²) >= 11 is 0. The van der Waals surface area contributed by atoms with Crippen molar-refractivity contribution < 1.29 is 23.0 Å².